The number of carboxylic acids is 2. The Labute approximate surface area is 170 Å². The van der Waals surface area contributed by atoms with E-state index in [-0.39, 0.29) is 5.82 Å². The average Bonchev–Trinajstić information content (AvgIpc) is 2.81. The van der Waals surface area contributed by atoms with E-state index in [0.717, 1.165) is 17.7 Å². The monoisotopic (exact) mass is 431 g/mol. The zero-order valence-corrected chi connectivity index (χ0v) is 16.7. The summed E-state index contributed by atoms with van der Waals surface area (Å²) in [6, 6.07) is 1.20. The van der Waals surface area contributed by atoms with Gasteiger partial charge in [-0.2, -0.15) is 4.98 Å². The number of carboxylic acid groups (broad SMARTS) is 2. The van der Waals surface area contributed by atoms with Crippen LogP contribution in [0.5, 0.6) is 0 Å². The van der Waals surface area contributed by atoms with Crippen molar-refractivity contribution in [3.8, 4) is 0 Å². The molecule has 0 saturated carbocycles. The highest BCUT2D eigenvalue weighted by Gasteiger charge is 2.67. The van der Waals surface area contributed by atoms with E-state index in [9.17, 15) is 29.7 Å². The quantitative estimate of drug-likeness (QED) is 0.368. The normalized spacial score (nSPS) is 31.8. The van der Waals surface area contributed by atoms with Crippen LogP contribution >= 0.6 is 0 Å². The summed E-state index contributed by atoms with van der Waals surface area (Å²) in [5.41, 5.74) is -0.859. The van der Waals surface area contributed by atoms with Crippen molar-refractivity contribution >= 4 is 17.8 Å². The fraction of sp³-hybridized carbons (Fsp3) is 0.667. The number of anilines is 1. The molecule has 1 saturated heterocycles. The molecule has 1 aromatic heterocycles. The van der Waals surface area contributed by atoms with Gasteiger partial charge in [0.05, 0.1) is 17.9 Å². The first-order valence-electron chi connectivity index (χ1n) is 9.27. The second kappa shape index (κ2) is 8.28. The van der Waals surface area contributed by atoms with E-state index in [4.69, 9.17) is 15.6 Å². The van der Waals surface area contributed by atoms with Crippen LogP contribution in [0, 0.1) is 11.8 Å². The van der Waals surface area contributed by atoms with Gasteiger partial charge in [0.15, 0.2) is 11.9 Å². The summed E-state index contributed by atoms with van der Waals surface area (Å²) in [6.45, 7) is 3.46. The van der Waals surface area contributed by atoms with Crippen LogP contribution in [-0.4, -0.2) is 65.4 Å². The number of hydrogen-bond donors (Lipinski definition) is 5. The Morgan fingerprint density at radius 1 is 1.33 bits per heavy atom. The molecule has 0 radical (unpaired) electrons. The van der Waals surface area contributed by atoms with Crippen molar-refractivity contribution in [3.63, 3.8) is 0 Å². The van der Waals surface area contributed by atoms with Crippen molar-refractivity contribution in [3.05, 3.63) is 22.7 Å². The van der Waals surface area contributed by atoms with Gasteiger partial charge in [-0.1, -0.05) is 13.8 Å². The molecule has 2 rings (SSSR count). The Kier molecular flexibility index (Phi) is 6.54. The minimum Gasteiger partial charge on any atom is -0.481 e. The number of aliphatic hydroxyl groups is 2. The largest absolute Gasteiger partial charge is 0.481 e. The average molecular weight is 431 g/mol. The standard InChI is InChI=1S/C18H26FN3O8/c1-8(13(24)25)6-10(23)12-18(29,7-9(2)14(26)27)17(3,19)15(30-12)22-5-4-11(20)21-16(22)28/h4-5,8-10,12,15,23,29H,6-7H2,1-3H3,(H,24,25)(H,26,27)(H2,20,21,28)/t8?,9?,10?,12-,15-,17+,18-/m1/s1. The predicted octanol–water partition coefficient (Wildman–Crippen LogP) is -0.235. The Morgan fingerprint density at radius 3 is 2.40 bits per heavy atom. The summed E-state index contributed by atoms with van der Waals surface area (Å²) < 4.78 is 22.3. The van der Waals surface area contributed by atoms with E-state index in [0.29, 0.717) is 0 Å². The molecule has 3 unspecified atom stereocenters. The number of ether oxygens (including phenoxy) is 1. The fourth-order valence-corrected chi connectivity index (χ4v) is 3.67. The van der Waals surface area contributed by atoms with Gasteiger partial charge in [-0.15, -0.1) is 0 Å². The first-order chi connectivity index (χ1) is 13.7. The van der Waals surface area contributed by atoms with Crippen molar-refractivity contribution in [2.75, 3.05) is 5.73 Å². The first-order valence-corrected chi connectivity index (χ1v) is 9.27. The summed E-state index contributed by atoms with van der Waals surface area (Å²) in [5.74, 6) is -4.97. The minimum atomic E-state index is -2.75. The van der Waals surface area contributed by atoms with Crippen molar-refractivity contribution < 1.29 is 39.1 Å². The van der Waals surface area contributed by atoms with Crippen LogP contribution in [-0.2, 0) is 14.3 Å². The Hall–Kier alpha value is -2.57. The van der Waals surface area contributed by atoms with E-state index in [1.807, 2.05) is 0 Å². The second-order valence-corrected chi connectivity index (χ2v) is 7.94. The molecular weight excluding hydrogens is 405 g/mol. The molecule has 0 spiro atoms. The molecule has 2 heterocycles. The number of aliphatic carboxylic acids is 2. The molecule has 7 atom stereocenters. The van der Waals surface area contributed by atoms with Gasteiger partial charge in [0.1, 0.15) is 17.5 Å². The summed E-state index contributed by atoms with van der Waals surface area (Å²) in [4.78, 5) is 38.2. The molecular formula is C18H26FN3O8. The van der Waals surface area contributed by atoms with E-state index < -0.39 is 72.0 Å². The highest BCUT2D eigenvalue weighted by atomic mass is 19.1. The van der Waals surface area contributed by atoms with Gasteiger partial charge in [-0.25, -0.2) is 9.18 Å². The number of nitrogens with two attached hydrogens (primary N) is 1. The molecule has 1 aliphatic rings. The van der Waals surface area contributed by atoms with Crippen LogP contribution in [0.3, 0.4) is 0 Å². The number of rotatable bonds is 8. The lowest BCUT2D eigenvalue weighted by Gasteiger charge is -2.39. The molecule has 1 aliphatic heterocycles. The van der Waals surface area contributed by atoms with Gasteiger partial charge in [0, 0.05) is 6.20 Å². The maximum Gasteiger partial charge on any atom is 0.351 e. The Bertz CT molecular complexity index is 875. The lowest BCUT2D eigenvalue weighted by Crippen LogP contribution is -2.58. The molecule has 0 aliphatic carbocycles. The van der Waals surface area contributed by atoms with Gasteiger partial charge in [0.25, 0.3) is 0 Å². The Morgan fingerprint density at radius 2 is 1.90 bits per heavy atom. The maximum absolute atomic E-state index is 16.0. The first kappa shape index (κ1) is 23.7. The van der Waals surface area contributed by atoms with Gasteiger partial charge < -0.3 is 30.9 Å². The predicted molar refractivity (Wildman–Crippen MR) is 100 cm³/mol. The highest BCUT2D eigenvalue weighted by molar-refractivity contribution is 5.70. The van der Waals surface area contributed by atoms with E-state index in [2.05, 4.69) is 4.98 Å². The van der Waals surface area contributed by atoms with E-state index >= 15 is 4.39 Å². The molecule has 0 amide bonds. The SMILES string of the molecule is CC(CC(O)[C@H]1O[C@@H](n2ccc(N)nc2=O)[C@](C)(F)[C@@]1(O)CC(C)C(=O)O)C(=O)O. The molecule has 0 aromatic carbocycles. The van der Waals surface area contributed by atoms with Crippen molar-refractivity contribution in [2.45, 2.75) is 63.3 Å². The summed E-state index contributed by atoms with van der Waals surface area (Å²) >= 11 is 0. The Balaban J connectivity index is 2.53. The zero-order valence-electron chi connectivity index (χ0n) is 16.7. The maximum atomic E-state index is 16.0. The van der Waals surface area contributed by atoms with Crippen LogP contribution in [0.1, 0.15) is 39.8 Å². The minimum absolute atomic E-state index is 0.128. The van der Waals surface area contributed by atoms with Crippen LogP contribution in [0.2, 0.25) is 0 Å². The van der Waals surface area contributed by atoms with Crippen molar-refractivity contribution in [1.29, 1.82) is 0 Å². The third-order valence-corrected chi connectivity index (χ3v) is 5.57. The molecule has 11 nitrogen and oxygen atoms in total. The number of aromatic nitrogens is 2. The molecule has 1 fully saturated rings. The third-order valence-electron chi connectivity index (χ3n) is 5.57. The molecule has 30 heavy (non-hydrogen) atoms. The van der Waals surface area contributed by atoms with Gasteiger partial charge in [-0.3, -0.25) is 14.2 Å². The van der Waals surface area contributed by atoms with Gasteiger partial charge in [-0.05, 0) is 25.8 Å². The number of nitrogens with zero attached hydrogens (tertiary/aromatic N) is 2. The molecule has 168 valence electrons. The third kappa shape index (κ3) is 4.16. The lowest BCUT2D eigenvalue weighted by atomic mass is 9.74. The summed E-state index contributed by atoms with van der Waals surface area (Å²) in [6.07, 6.45) is -5.12. The molecule has 6 N–H and O–H groups in total. The van der Waals surface area contributed by atoms with Crippen LogP contribution in [0.4, 0.5) is 10.2 Å². The number of alkyl halides is 1. The van der Waals surface area contributed by atoms with Crippen LogP contribution < -0.4 is 11.4 Å². The number of nitrogen functional groups attached to an aromatic ring is 1. The van der Waals surface area contributed by atoms with Crippen LogP contribution in [0.25, 0.3) is 0 Å². The van der Waals surface area contributed by atoms with E-state index in [1.165, 1.54) is 19.9 Å². The van der Waals surface area contributed by atoms with Crippen LogP contribution in [0.15, 0.2) is 17.1 Å². The zero-order chi connectivity index (χ0) is 23.0. The number of hydrogen-bond acceptors (Lipinski definition) is 8. The van der Waals surface area contributed by atoms with Crippen molar-refractivity contribution in [2.24, 2.45) is 11.8 Å². The summed E-state index contributed by atoms with van der Waals surface area (Å²) in [7, 11) is 0. The number of carbonyl (C=O) groups is 2. The number of aliphatic hydroxyl groups excluding tert-OH is 1. The molecule has 0 bridgehead atoms. The second-order valence-electron chi connectivity index (χ2n) is 7.94. The van der Waals surface area contributed by atoms with E-state index in [1.54, 1.807) is 0 Å². The summed E-state index contributed by atoms with van der Waals surface area (Å²) in [5, 5.41) is 40.2. The molecule has 1 aromatic rings. The molecule has 12 heteroatoms. The smallest absolute Gasteiger partial charge is 0.351 e. The fourth-order valence-electron chi connectivity index (χ4n) is 3.67. The lowest BCUT2D eigenvalue weighted by molar-refractivity contribution is -0.158. The number of halogens is 1. The van der Waals surface area contributed by atoms with Crippen molar-refractivity contribution in [1.82, 2.24) is 9.55 Å². The van der Waals surface area contributed by atoms with Gasteiger partial charge in [0.2, 0.25) is 0 Å². The van der Waals surface area contributed by atoms with Gasteiger partial charge >= 0.3 is 17.6 Å². The highest BCUT2D eigenvalue weighted by Crippen LogP contribution is 2.52. The topological polar surface area (TPSA) is 185 Å².